The topological polar surface area (TPSA) is 49.3 Å². The molecule has 0 saturated carbocycles. The van der Waals surface area contributed by atoms with Gasteiger partial charge in [0.15, 0.2) is 0 Å². The van der Waals surface area contributed by atoms with E-state index in [1.165, 1.54) is 18.4 Å². The van der Waals surface area contributed by atoms with Gasteiger partial charge in [0.2, 0.25) is 0 Å². The van der Waals surface area contributed by atoms with E-state index in [-0.39, 0.29) is 12.5 Å². The van der Waals surface area contributed by atoms with Gasteiger partial charge in [0.05, 0.1) is 6.42 Å². The summed E-state index contributed by atoms with van der Waals surface area (Å²) in [6.45, 7) is 2.90. The first-order valence-corrected chi connectivity index (χ1v) is 6.71. The summed E-state index contributed by atoms with van der Waals surface area (Å²) in [5, 5.41) is 12.2. The fourth-order valence-corrected chi connectivity index (χ4v) is 1.99. The van der Waals surface area contributed by atoms with Crippen LogP contribution in [0.4, 0.5) is 0 Å². The zero-order chi connectivity index (χ0) is 13.2. The first kappa shape index (κ1) is 14.7. The van der Waals surface area contributed by atoms with Gasteiger partial charge in [0.1, 0.15) is 0 Å². The van der Waals surface area contributed by atoms with Gasteiger partial charge >= 0.3 is 5.97 Å². The molecular formula is C15H23NO2. The van der Waals surface area contributed by atoms with Crippen molar-refractivity contribution in [1.29, 1.82) is 0 Å². The lowest BCUT2D eigenvalue weighted by Crippen LogP contribution is -2.31. The Hall–Kier alpha value is -1.35. The van der Waals surface area contributed by atoms with Gasteiger partial charge in [-0.3, -0.25) is 4.79 Å². The highest BCUT2D eigenvalue weighted by Crippen LogP contribution is 2.08. The summed E-state index contributed by atoms with van der Waals surface area (Å²) in [5.74, 6) is -0.725. The van der Waals surface area contributed by atoms with E-state index in [0.717, 1.165) is 19.4 Å². The number of carbonyl (C=O) groups is 1. The normalized spacial score (nSPS) is 12.3. The van der Waals surface area contributed by atoms with E-state index in [2.05, 4.69) is 24.4 Å². The molecule has 0 amide bonds. The summed E-state index contributed by atoms with van der Waals surface area (Å²) in [6, 6.07) is 10.2. The third kappa shape index (κ3) is 6.40. The lowest BCUT2D eigenvalue weighted by atomic mass is 10.0. The Morgan fingerprint density at radius 2 is 2.00 bits per heavy atom. The van der Waals surface area contributed by atoms with Crippen LogP contribution in [0.5, 0.6) is 0 Å². The van der Waals surface area contributed by atoms with Gasteiger partial charge < -0.3 is 10.4 Å². The maximum atomic E-state index is 10.8. The standard InChI is InChI=1S/C15H23NO2/c1-2-3-5-10-14(11-15(17)18)16-12-13-8-6-4-7-9-13/h4,6-9,14,16H,2-3,5,10-12H2,1H3,(H,17,18). The van der Waals surface area contributed by atoms with Crippen LogP contribution in [-0.4, -0.2) is 17.1 Å². The second-order valence-electron chi connectivity index (χ2n) is 4.66. The number of hydrogen-bond donors (Lipinski definition) is 2. The Morgan fingerprint density at radius 3 is 2.61 bits per heavy atom. The molecule has 0 aliphatic rings. The van der Waals surface area contributed by atoms with Crippen LogP contribution in [0.3, 0.4) is 0 Å². The summed E-state index contributed by atoms with van der Waals surface area (Å²) in [5.41, 5.74) is 1.20. The lowest BCUT2D eigenvalue weighted by Gasteiger charge is -2.16. The fraction of sp³-hybridized carbons (Fsp3) is 0.533. The minimum atomic E-state index is -0.725. The van der Waals surface area contributed by atoms with Gasteiger partial charge in [-0.15, -0.1) is 0 Å². The molecule has 0 aliphatic carbocycles. The number of rotatable bonds is 9. The molecule has 2 N–H and O–H groups in total. The maximum absolute atomic E-state index is 10.8. The summed E-state index contributed by atoms with van der Waals surface area (Å²) in [4.78, 5) is 10.8. The van der Waals surface area contributed by atoms with Crippen LogP contribution in [0.2, 0.25) is 0 Å². The summed E-state index contributed by atoms with van der Waals surface area (Å²) >= 11 is 0. The Labute approximate surface area is 109 Å². The van der Waals surface area contributed by atoms with Crippen LogP contribution in [0, 0.1) is 0 Å². The van der Waals surface area contributed by atoms with Crippen molar-refractivity contribution in [1.82, 2.24) is 5.32 Å². The Balaban J connectivity index is 2.37. The molecule has 1 unspecified atom stereocenters. The monoisotopic (exact) mass is 249 g/mol. The molecule has 1 aromatic rings. The first-order chi connectivity index (χ1) is 8.72. The Kier molecular flexibility index (Phi) is 7.11. The van der Waals surface area contributed by atoms with Gasteiger partial charge in [0, 0.05) is 12.6 Å². The molecule has 0 spiro atoms. The molecule has 3 nitrogen and oxygen atoms in total. The molecule has 3 heteroatoms. The van der Waals surface area contributed by atoms with E-state index in [9.17, 15) is 4.79 Å². The molecule has 0 bridgehead atoms. The number of aliphatic carboxylic acids is 1. The van der Waals surface area contributed by atoms with Crippen LogP contribution >= 0.6 is 0 Å². The van der Waals surface area contributed by atoms with E-state index in [4.69, 9.17) is 5.11 Å². The number of unbranched alkanes of at least 4 members (excludes halogenated alkanes) is 2. The summed E-state index contributed by atoms with van der Waals surface area (Å²) < 4.78 is 0. The van der Waals surface area contributed by atoms with E-state index < -0.39 is 5.97 Å². The highest BCUT2D eigenvalue weighted by atomic mass is 16.4. The van der Waals surface area contributed by atoms with Crippen molar-refractivity contribution in [3.63, 3.8) is 0 Å². The zero-order valence-electron chi connectivity index (χ0n) is 11.1. The van der Waals surface area contributed by atoms with Gasteiger partial charge in [-0.25, -0.2) is 0 Å². The van der Waals surface area contributed by atoms with Crippen LogP contribution in [0.25, 0.3) is 0 Å². The van der Waals surface area contributed by atoms with Crippen LogP contribution in [0.15, 0.2) is 30.3 Å². The van der Waals surface area contributed by atoms with Gasteiger partial charge in [0.25, 0.3) is 0 Å². The molecule has 0 saturated heterocycles. The average molecular weight is 249 g/mol. The van der Waals surface area contributed by atoms with Crippen molar-refractivity contribution in [2.24, 2.45) is 0 Å². The SMILES string of the molecule is CCCCCC(CC(=O)O)NCc1ccccc1. The number of carboxylic acid groups (broad SMARTS) is 1. The minimum absolute atomic E-state index is 0.0780. The smallest absolute Gasteiger partial charge is 0.304 e. The molecule has 1 atom stereocenters. The van der Waals surface area contributed by atoms with Crippen molar-refractivity contribution < 1.29 is 9.90 Å². The lowest BCUT2D eigenvalue weighted by molar-refractivity contribution is -0.137. The highest BCUT2D eigenvalue weighted by molar-refractivity contribution is 5.67. The van der Waals surface area contributed by atoms with Crippen molar-refractivity contribution in [3.8, 4) is 0 Å². The van der Waals surface area contributed by atoms with Gasteiger partial charge in [-0.05, 0) is 12.0 Å². The summed E-state index contributed by atoms with van der Waals surface area (Å²) in [7, 11) is 0. The van der Waals surface area contributed by atoms with Gasteiger partial charge in [-0.1, -0.05) is 56.5 Å². The second-order valence-corrected chi connectivity index (χ2v) is 4.66. The quantitative estimate of drug-likeness (QED) is 0.661. The Morgan fingerprint density at radius 1 is 1.28 bits per heavy atom. The van der Waals surface area contributed by atoms with E-state index in [1.807, 2.05) is 18.2 Å². The first-order valence-electron chi connectivity index (χ1n) is 6.71. The molecule has 1 aromatic carbocycles. The summed E-state index contributed by atoms with van der Waals surface area (Å²) in [6.07, 6.45) is 4.57. The molecule has 18 heavy (non-hydrogen) atoms. The predicted octanol–water partition coefficient (Wildman–Crippen LogP) is 3.20. The molecule has 1 rings (SSSR count). The van der Waals surface area contributed by atoms with Crippen molar-refractivity contribution in [2.45, 2.75) is 51.6 Å². The number of benzene rings is 1. The van der Waals surface area contributed by atoms with Crippen LogP contribution in [0.1, 0.15) is 44.6 Å². The van der Waals surface area contributed by atoms with Crippen molar-refractivity contribution in [3.05, 3.63) is 35.9 Å². The number of carboxylic acids is 1. The van der Waals surface area contributed by atoms with Gasteiger partial charge in [-0.2, -0.15) is 0 Å². The van der Waals surface area contributed by atoms with Crippen LogP contribution < -0.4 is 5.32 Å². The maximum Gasteiger partial charge on any atom is 0.304 e. The van der Waals surface area contributed by atoms with E-state index in [1.54, 1.807) is 0 Å². The predicted molar refractivity (Wildman–Crippen MR) is 73.5 cm³/mol. The third-order valence-corrected chi connectivity index (χ3v) is 3.01. The molecule has 0 radical (unpaired) electrons. The number of nitrogens with one attached hydrogen (secondary N) is 1. The molecule has 0 heterocycles. The molecule has 100 valence electrons. The fourth-order valence-electron chi connectivity index (χ4n) is 1.99. The molecule has 0 fully saturated rings. The Bertz CT molecular complexity index is 338. The minimum Gasteiger partial charge on any atom is -0.481 e. The van der Waals surface area contributed by atoms with E-state index in [0.29, 0.717) is 0 Å². The zero-order valence-corrected chi connectivity index (χ0v) is 11.1. The number of hydrogen-bond acceptors (Lipinski definition) is 2. The largest absolute Gasteiger partial charge is 0.481 e. The average Bonchev–Trinajstić information content (AvgIpc) is 2.37. The second kappa shape index (κ2) is 8.70. The van der Waals surface area contributed by atoms with Crippen molar-refractivity contribution >= 4 is 5.97 Å². The molecule has 0 aromatic heterocycles. The van der Waals surface area contributed by atoms with E-state index >= 15 is 0 Å². The third-order valence-electron chi connectivity index (χ3n) is 3.01. The highest BCUT2D eigenvalue weighted by Gasteiger charge is 2.12. The molecule has 0 aliphatic heterocycles. The van der Waals surface area contributed by atoms with Crippen LogP contribution in [-0.2, 0) is 11.3 Å². The molecular weight excluding hydrogens is 226 g/mol. The van der Waals surface area contributed by atoms with Crippen molar-refractivity contribution in [2.75, 3.05) is 0 Å².